The van der Waals surface area contributed by atoms with E-state index in [0.29, 0.717) is 18.1 Å². The predicted octanol–water partition coefficient (Wildman–Crippen LogP) is 4.02. The van der Waals surface area contributed by atoms with Crippen LogP contribution >= 0.6 is 0 Å². The highest BCUT2D eigenvalue weighted by Gasteiger charge is 2.17. The molecule has 138 valence electrons. The van der Waals surface area contributed by atoms with Crippen LogP contribution in [0.1, 0.15) is 12.5 Å². The molecular formula is C21H18O5S. The van der Waals surface area contributed by atoms with Gasteiger partial charge in [-0.15, -0.1) is 0 Å². The van der Waals surface area contributed by atoms with E-state index in [4.69, 9.17) is 9.47 Å². The first kappa shape index (κ1) is 18.7. The van der Waals surface area contributed by atoms with E-state index in [1.807, 2.05) is 30.3 Å². The number of ether oxygens (including phenoxy) is 2. The van der Waals surface area contributed by atoms with Gasteiger partial charge >= 0.3 is 5.97 Å². The third kappa shape index (κ3) is 4.74. The van der Waals surface area contributed by atoms with Gasteiger partial charge < -0.3 is 9.47 Å². The lowest BCUT2D eigenvalue weighted by atomic mass is 10.2. The Labute approximate surface area is 158 Å². The first-order valence-electron chi connectivity index (χ1n) is 8.25. The van der Waals surface area contributed by atoms with E-state index >= 15 is 0 Å². The van der Waals surface area contributed by atoms with Crippen LogP contribution < -0.4 is 9.47 Å². The van der Waals surface area contributed by atoms with E-state index in [0.717, 1.165) is 5.56 Å². The van der Waals surface area contributed by atoms with Gasteiger partial charge in [-0.1, -0.05) is 30.3 Å². The summed E-state index contributed by atoms with van der Waals surface area (Å²) in [4.78, 5) is 11.2. The summed E-state index contributed by atoms with van der Waals surface area (Å²) in [6.45, 7) is 1.69. The molecule has 0 N–H and O–H groups in total. The van der Waals surface area contributed by atoms with Crippen LogP contribution in [0.4, 0.5) is 0 Å². The first-order valence-corrected chi connectivity index (χ1v) is 9.74. The van der Waals surface area contributed by atoms with Crippen molar-refractivity contribution in [3.05, 3.63) is 84.4 Å². The van der Waals surface area contributed by atoms with Crippen LogP contribution in [0.25, 0.3) is 0 Å². The van der Waals surface area contributed by atoms with E-state index < -0.39 is 15.8 Å². The molecule has 0 bridgehead atoms. The standard InChI is InChI=1S/C21H18O5S/c1-16(22)26-19-9-13-21(14-10-19)27(23,24)20-11-7-18(8-12-20)25-15-17-5-3-2-4-6-17/h2-14H,15H2,1H3. The summed E-state index contributed by atoms with van der Waals surface area (Å²) in [5.41, 5.74) is 1.03. The van der Waals surface area contributed by atoms with Crippen LogP contribution in [-0.4, -0.2) is 14.4 Å². The van der Waals surface area contributed by atoms with Gasteiger partial charge in [0.2, 0.25) is 9.84 Å². The van der Waals surface area contributed by atoms with E-state index in [2.05, 4.69) is 0 Å². The van der Waals surface area contributed by atoms with E-state index in [-0.39, 0.29) is 9.79 Å². The normalized spacial score (nSPS) is 11.0. The van der Waals surface area contributed by atoms with Crippen molar-refractivity contribution >= 4 is 15.8 Å². The molecule has 0 radical (unpaired) electrons. The Morgan fingerprint density at radius 2 is 1.30 bits per heavy atom. The summed E-state index contributed by atoms with van der Waals surface area (Å²) < 4.78 is 36.0. The summed E-state index contributed by atoms with van der Waals surface area (Å²) in [6.07, 6.45) is 0. The molecular weight excluding hydrogens is 364 g/mol. The van der Waals surface area contributed by atoms with Crippen molar-refractivity contribution in [2.24, 2.45) is 0 Å². The van der Waals surface area contributed by atoms with Gasteiger partial charge in [0.15, 0.2) is 0 Å². The average molecular weight is 382 g/mol. The second kappa shape index (κ2) is 8.05. The highest BCUT2D eigenvalue weighted by molar-refractivity contribution is 7.91. The molecule has 0 saturated carbocycles. The molecule has 3 aromatic rings. The molecule has 0 saturated heterocycles. The van der Waals surface area contributed by atoms with Crippen LogP contribution in [0.15, 0.2) is 88.7 Å². The average Bonchev–Trinajstić information content (AvgIpc) is 2.67. The quantitative estimate of drug-likeness (QED) is 0.476. The Morgan fingerprint density at radius 1 is 0.778 bits per heavy atom. The number of carbonyl (C=O) groups is 1. The zero-order chi connectivity index (χ0) is 19.3. The molecule has 0 spiro atoms. The summed E-state index contributed by atoms with van der Waals surface area (Å²) in [6, 6.07) is 21.7. The third-order valence-electron chi connectivity index (χ3n) is 3.78. The van der Waals surface area contributed by atoms with Gasteiger partial charge in [-0.3, -0.25) is 4.79 Å². The Hall–Kier alpha value is -3.12. The van der Waals surface area contributed by atoms with Gasteiger partial charge in [0.25, 0.3) is 0 Å². The van der Waals surface area contributed by atoms with Gasteiger partial charge in [0, 0.05) is 6.92 Å². The fourth-order valence-corrected chi connectivity index (χ4v) is 3.71. The fraction of sp³-hybridized carbons (Fsp3) is 0.0952. The van der Waals surface area contributed by atoms with Crippen molar-refractivity contribution in [1.29, 1.82) is 0 Å². The van der Waals surface area contributed by atoms with Gasteiger partial charge in [0.05, 0.1) is 9.79 Å². The minimum absolute atomic E-state index is 0.122. The highest BCUT2D eigenvalue weighted by atomic mass is 32.2. The van der Waals surface area contributed by atoms with Crippen LogP contribution in [0.3, 0.4) is 0 Å². The number of hydrogen-bond donors (Lipinski definition) is 0. The van der Waals surface area contributed by atoms with Crippen LogP contribution in [0.5, 0.6) is 11.5 Å². The van der Waals surface area contributed by atoms with Gasteiger partial charge in [-0.25, -0.2) is 8.42 Å². The summed E-state index contributed by atoms with van der Waals surface area (Å²) in [5, 5.41) is 0. The second-order valence-electron chi connectivity index (χ2n) is 5.81. The zero-order valence-corrected chi connectivity index (χ0v) is 15.5. The maximum Gasteiger partial charge on any atom is 0.308 e. The molecule has 5 nitrogen and oxygen atoms in total. The van der Waals surface area contributed by atoms with Crippen molar-refractivity contribution < 1.29 is 22.7 Å². The molecule has 0 fully saturated rings. The van der Waals surface area contributed by atoms with Crippen molar-refractivity contribution in [2.75, 3.05) is 0 Å². The summed E-state index contributed by atoms with van der Waals surface area (Å²) in [7, 11) is -3.66. The smallest absolute Gasteiger partial charge is 0.308 e. The third-order valence-corrected chi connectivity index (χ3v) is 5.56. The molecule has 0 aliphatic heterocycles. The molecule has 0 aromatic heterocycles. The van der Waals surface area contributed by atoms with Gasteiger partial charge in [0.1, 0.15) is 18.1 Å². The molecule has 0 aliphatic rings. The summed E-state index contributed by atoms with van der Waals surface area (Å²) >= 11 is 0. The van der Waals surface area contributed by atoms with E-state index in [9.17, 15) is 13.2 Å². The van der Waals surface area contributed by atoms with Crippen molar-refractivity contribution in [1.82, 2.24) is 0 Å². The molecule has 3 aromatic carbocycles. The molecule has 0 unspecified atom stereocenters. The molecule has 0 aliphatic carbocycles. The minimum Gasteiger partial charge on any atom is -0.489 e. The van der Waals surface area contributed by atoms with E-state index in [1.165, 1.54) is 43.3 Å². The van der Waals surface area contributed by atoms with Gasteiger partial charge in [-0.2, -0.15) is 0 Å². The molecule has 0 heterocycles. The predicted molar refractivity (Wildman–Crippen MR) is 100 cm³/mol. The molecule has 0 atom stereocenters. The zero-order valence-electron chi connectivity index (χ0n) is 14.7. The summed E-state index contributed by atoms with van der Waals surface area (Å²) in [5.74, 6) is 0.422. The lowest BCUT2D eigenvalue weighted by Gasteiger charge is -2.09. The topological polar surface area (TPSA) is 69.7 Å². The number of carbonyl (C=O) groups excluding carboxylic acids is 1. The maximum atomic E-state index is 12.7. The first-order chi connectivity index (χ1) is 12.9. The van der Waals surface area contributed by atoms with E-state index in [1.54, 1.807) is 12.1 Å². The molecule has 27 heavy (non-hydrogen) atoms. The van der Waals surface area contributed by atoms with Crippen LogP contribution in [0.2, 0.25) is 0 Å². The lowest BCUT2D eigenvalue weighted by molar-refractivity contribution is -0.131. The number of benzene rings is 3. The van der Waals surface area contributed by atoms with Crippen molar-refractivity contribution in [3.8, 4) is 11.5 Å². The van der Waals surface area contributed by atoms with Crippen LogP contribution in [-0.2, 0) is 21.2 Å². The van der Waals surface area contributed by atoms with Gasteiger partial charge in [-0.05, 0) is 54.1 Å². The van der Waals surface area contributed by atoms with Crippen molar-refractivity contribution in [3.63, 3.8) is 0 Å². The monoisotopic (exact) mass is 382 g/mol. The Balaban J connectivity index is 1.72. The second-order valence-corrected chi connectivity index (χ2v) is 7.76. The fourth-order valence-electron chi connectivity index (χ4n) is 2.44. The molecule has 6 heteroatoms. The molecule has 3 rings (SSSR count). The minimum atomic E-state index is -3.66. The SMILES string of the molecule is CC(=O)Oc1ccc(S(=O)(=O)c2ccc(OCc3ccccc3)cc2)cc1. The Bertz CT molecular complexity index is 1010. The number of esters is 1. The molecule has 0 amide bonds. The highest BCUT2D eigenvalue weighted by Crippen LogP contribution is 2.25. The number of sulfone groups is 1. The number of rotatable bonds is 6. The maximum absolute atomic E-state index is 12.7. The Morgan fingerprint density at radius 3 is 1.81 bits per heavy atom. The Kier molecular flexibility index (Phi) is 5.57. The largest absolute Gasteiger partial charge is 0.489 e. The van der Waals surface area contributed by atoms with Crippen LogP contribution in [0, 0.1) is 0 Å². The van der Waals surface area contributed by atoms with Crippen molar-refractivity contribution in [2.45, 2.75) is 23.3 Å². The lowest BCUT2D eigenvalue weighted by Crippen LogP contribution is -2.04. The number of hydrogen-bond acceptors (Lipinski definition) is 5.